The van der Waals surface area contributed by atoms with E-state index in [0.29, 0.717) is 22.1 Å². The van der Waals surface area contributed by atoms with E-state index in [9.17, 15) is 9.59 Å². The number of methoxy groups -OCH3 is 1. The number of esters is 1. The van der Waals surface area contributed by atoms with Gasteiger partial charge in [0, 0.05) is 5.69 Å². The molecule has 1 fully saturated rings. The standard InChI is InChI=1S/C27H21N3O5S2/c1-17-7-6-10-20(13-17)30-27(37-24(28-30)26(32)33-2)29(19-8-4-3-5-9-19)25(31)23(36-27)15-18-11-12-21-22(14-18)35-16-34-21/h3-15H,16H2,1-2H3/b23-15+. The monoisotopic (exact) mass is 531 g/mol. The van der Waals surface area contributed by atoms with Crippen LogP contribution < -0.4 is 19.4 Å². The van der Waals surface area contributed by atoms with Crippen LogP contribution in [0.25, 0.3) is 6.08 Å². The predicted molar refractivity (Wildman–Crippen MR) is 145 cm³/mol. The van der Waals surface area contributed by atoms with Crippen molar-refractivity contribution in [1.29, 1.82) is 0 Å². The van der Waals surface area contributed by atoms with E-state index < -0.39 is 10.3 Å². The summed E-state index contributed by atoms with van der Waals surface area (Å²) in [6.07, 6.45) is 1.82. The number of thioether (sulfide) groups is 2. The third-order valence-electron chi connectivity index (χ3n) is 5.94. The van der Waals surface area contributed by atoms with Crippen LogP contribution in [0.3, 0.4) is 0 Å². The van der Waals surface area contributed by atoms with Crippen molar-refractivity contribution in [2.75, 3.05) is 23.8 Å². The summed E-state index contributed by atoms with van der Waals surface area (Å²) in [7, 11) is 1.32. The molecule has 1 unspecified atom stereocenters. The molecular formula is C27H21N3O5S2. The van der Waals surface area contributed by atoms with Crippen molar-refractivity contribution in [3.05, 3.63) is 88.8 Å². The Kier molecular flexibility index (Phi) is 5.85. The number of fused-ring (bicyclic) bond motifs is 1. The van der Waals surface area contributed by atoms with Crippen LogP contribution in [0.2, 0.25) is 0 Å². The van der Waals surface area contributed by atoms with E-state index in [2.05, 4.69) is 5.10 Å². The second-order valence-electron chi connectivity index (χ2n) is 8.40. The summed E-state index contributed by atoms with van der Waals surface area (Å²) in [6, 6.07) is 22.7. The molecule has 1 atom stereocenters. The lowest BCUT2D eigenvalue weighted by Crippen LogP contribution is -2.51. The molecule has 1 amide bonds. The topological polar surface area (TPSA) is 80.7 Å². The SMILES string of the molecule is COC(=O)C1=NN(c2cccc(C)c2)C2(S1)S/C(=C/c1ccc3c(c1)OCO3)C(=O)N2c1ccccc1. The Morgan fingerprint density at radius 1 is 1.00 bits per heavy atom. The summed E-state index contributed by atoms with van der Waals surface area (Å²) < 4.78 is 14.8. The molecule has 0 N–H and O–H groups in total. The number of ether oxygens (including phenoxy) is 3. The average Bonchev–Trinajstić information content (AvgIpc) is 3.60. The molecule has 8 nitrogen and oxygen atoms in total. The smallest absolute Gasteiger partial charge is 0.365 e. The van der Waals surface area contributed by atoms with Crippen molar-refractivity contribution in [2.45, 2.75) is 11.3 Å². The Morgan fingerprint density at radius 3 is 2.57 bits per heavy atom. The molecule has 10 heteroatoms. The van der Waals surface area contributed by atoms with Crippen LogP contribution in [-0.4, -0.2) is 35.1 Å². The minimum atomic E-state index is -1.13. The maximum atomic E-state index is 14.1. The molecule has 37 heavy (non-hydrogen) atoms. The summed E-state index contributed by atoms with van der Waals surface area (Å²) in [4.78, 5) is 28.9. The number of benzene rings is 3. The quantitative estimate of drug-likeness (QED) is 0.336. The number of hydrogen-bond donors (Lipinski definition) is 0. The van der Waals surface area contributed by atoms with Gasteiger partial charge in [-0.15, -0.1) is 0 Å². The van der Waals surface area contributed by atoms with Gasteiger partial charge in [-0.2, -0.15) is 5.10 Å². The Bertz CT molecular complexity index is 1480. The number of amides is 1. The number of para-hydroxylation sites is 1. The number of aryl methyl sites for hydroxylation is 1. The van der Waals surface area contributed by atoms with Crippen LogP contribution in [-0.2, 0) is 14.3 Å². The predicted octanol–water partition coefficient (Wildman–Crippen LogP) is 5.20. The van der Waals surface area contributed by atoms with Gasteiger partial charge in [0.15, 0.2) is 11.5 Å². The van der Waals surface area contributed by atoms with E-state index in [1.54, 1.807) is 9.91 Å². The molecule has 6 rings (SSSR count). The maximum Gasteiger partial charge on any atom is 0.365 e. The molecule has 0 aromatic heterocycles. The van der Waals surface area contributed by atoms with Crippen molar-refractivity contribution in [3.8, 4) is 11.5 Å². The molecule has 0 saturated carbocycles. The highest BCUT2D eigenvalue weighted by atomic mass is 32.2. The van der Waals surface area contributed by atoms with E-state index in [1.165, 1.54) is 30.6 Å². The number of carbonyl (C=O) groups excluding carboxylic acids is 2. The van der Waals surface area contributed by atoms with Crippen LogP contribution in [0.1, 0.15) is 11.1 Å². The van der Waals surface area contributed by atoms with Gasteiger partial charge >= 0.3 is 5.97 Å². The molecule has 1 spiro atoms. The summed E-state index contributed by atoms with van der Waals surface area (Å²) in [5.41, 5.74) is 3.25. The van der Waals surface area contributed by atoms with Gasteiger partial charge in [0.25, 0.3) is 5.91 Å². The number of hydrazone groups is 1. The van der Waals surface area contributed by atoms with E-state index in [-0.39, 0.29) is 17.7 Å². The highest BCUT2D eigenvalue weighted by Crippen LogP contribution is 2.59. The van der Waals surface area contributed by atoms with Crippen LogP contribution >= 0.6 is 23.5 Å². The highest BCUT2D eigenvalue weighted by Gasteiger charge is 2.60. The summed E-state index contributed by atoms with van der Waals surface area (Å²) in [6.45, 7) is 2.15. The van der Waals surface area contributed by atoms with Crippen LogP contribution in [0.4, 0.5) is 11.4 Å². The summed E-state index contributed by atoms with van der Waals surface area (Å²) in [5.74, 6) is 0.532. The van der Waals surface area contributed by atoms with E-state index >= 15 is 0 Å². The fourth-order valence-corrected chi connectivity index (χ4v) is 7.17. The molecule has 0 bridgehead atoms. The van der Waals surface area contributed by atoms with Gasteiger partial charge in [-0.05, 0) is 72.3 Å². The molecule has 1 saturated heterocycles. The summed E-state index contributed by atoms with van der Waals surface area (Å²) >= 11 is 2.52. The zero-order valence-corrected chi connectivity index (χ0v) is 21.5. The van der Waals surface area contributed by atoms with Gasteiger partial charge < -0.3 is 14.2 Å². The Labute approximate surface area is 221 Å². The highest BCUT2D eigenvalue weighted by molar-refractivity contribution is 8.29. The molecule has 3 aliphatic heterocycles. The van der Waals surface area contributed by atoms with Gasteiger partial charge in [-0.3, -0.25) is 9.69 Å². The van der Waals surface area contributed by atoms with Crippen LogP contribution in [0.5, 0.6) is 11.5 Å². The van der Waals surface area contributed by atoms with Gasteiger partial charge in [-0.25, -0.2) is 9.80 Å². The molecule has 3 heterocycles. The number of carbonyl (C=O) groups is 2. The van der Waals surface area contributed by atoms with E-state index in [4.69, 9.17) is 14.2 Å². The largest absolute Gasteiger partial charge is 0.464 e. The molecule has 3 aliphatic rings. The molecule has 3 aromatic carbocycles. The zero-order valence-electron chi connectivity index (χ0n) is 19.9. The first kappa shape index (κ1) is 23.5. The molecule has 3 aromatic rings. The minimum Gasteiger partial charge on any atom is -0.464 e. The van der Waals surface area contributed by atoms with Gasteiger partial charge in [0.2, 0.25) is 16.2 Å². The van der Waals surface area contributed by atoms with Crippen LogP contribution in [0, 0.1) is 6.92 Å². The lowest BCUT2D eigenvalue weighted by Gasteiger charge is -2.38. The fraction of sp³-hybridized carbons (Fsp3) is 0.148. The van der Waals surface area contributed by atoms with Crippen molar-refractivity contribution in [3.63, 3.8) is 0 Å². The zero-order chi connectivity index (χ0) is 25.6. The molecule has 0 radical (unpaired) electrons. The Morgan fingerprint density at radius 2 is 1.78 bits per heavy atom. The lowest BCUT2D eigenvalue weighted by molar-refractivity contribution is -0.132. The van der Waals surface area contributed by atoms with E-state index in [1.807, 2.05) is 85.8 Å². The molecular weight excluding hydrogens is 510 g/mol. The van der Waals surface area contributed by atoms with Crippen molar-refractivity contribution >= 4 is 57.9 Å². The van der Waals surface area contributed by atoms with Crippen LogP contribution in [0.15, 0.2) is 82.8 Å². The average molecular weight is 532 g/mol. The first-order valence-electron chi connectivity index (χ1n) is 11.4. The molecule has 0 aliphatic carbocycles. The Balaban J connectivity index is 1.50. The minimum absolute atomic E-state index is 0.162. The third kappa shape index (κ3) is 4.02. The number of hydrogen-bond acceptors (Lipinski definition) is 9. The number of nitrogens with zero attached hydrogens (tertiary/aromatic N) is 3. The normalized spacial score (nSPS) is 21.2. The first-order chi connectivity index (χ1) is 18.0. The van der Waals surface area contributed by atoms with Gasteiger partial charge in [-0.1, -0.05) is 48.2 Å². The van der Waals surface area contributed by atoms with Crippen molar-refractivity contribution in [2.24, 2.45) is 5.10 Å². The molecule has 186 valence electrons. The second-order valence-corrected chi connectivity index (χ2v) is 11.0. The Hall–Kier alpha value is -3.89. The van der Waals surface area contributed by atoms with E-state index in [0.717, 1.165) is 16.8 Å². The van der Waals surface area contributed by atoms with Gasteiger partial charge in [0.05, 0.1) is 17.7 Å². The fourth-order valence-electron chi connectivity index (χ4n) is 4.27. The summed E-state index contributed by atoms with van der Waals surface area (Å²) in [5, 5.41) is 6.56. The lowest BCUT2D eigenvalue weighted by atomic mass is 10.2. The van der Waals surface area contributed by atoms with Gasteiger partial charge in [0.1, 0.15) is 0 Å². The first-order valence-corrected chi connectivity index (χ1v) is 13.0. The maximum absolute atomic E-state index is 14.1. The number of rotatable bonds is 4. The second kappa shape index (κ2) is 9.20. The third-order valence-corrected chi connectivity index (χ3v) is 8.64. The van der Waals surface area contributed by atoms with Crippen molar-refractivity contribution in [1.82, 2.24) is 0 Å². The van der Waals surface area contributed by atoms with Crippen molar-refractivity contribution < 1.29 is 23.8 Å². The number of anilines is 2.